The van der Waals surface area contributed by atoms with Crippen LogP contribution in [-0.4, -0.2) is 21.4 Å². The normalized spacial score (nSPS) is 10.9. The standard InChI is InChI=1S/2C4H10O.Zr/c2*1-4(2,3)5;/h2*5H,1-3H3;. The van der Waals surface area contributed by atoms with Gasteiger partial charge in [-0.15, -0.1) is 0 Å². The van der Waals surface area contributed by atoms with Gasteiger partial charge in [0.25, 0.3) is 0 Å². The monoisotopic (exact) mass is 238 g/mol. The molecule has 0 unspecified atom stereocenters. The molecule has 0 aliphatic rings. The van der Waals surface area contributed by atoms with Gasteiger partial charge in [-0.2, -0.15) is 0 Å². The minimum Gasteiger partial charge on any atom is -0.391 e. The first-order valence-electron chi connectivity index (χ1n) is 3.45. The molecule has 0 rings (SSSR count). The maximum atomic E-state index is 8.52. The largest absolute Gasteiger partial charge is 0.391 e. The zero-order chi connectivity index (χ0) is 9.00. The molecular weight excluding hydrogens is 219 g/mol. The van der Waals surface area contributed by atoms with Gasteiger partial charge >= 0.3 is 0 Å². The summed E-state index contributed by atoms with van der Waals surface area (Å²) in [5.41, 5.74) is -1.00. The molecule has 0 atom stereocenters. The first-order valence-corrected chi connectivity index (χ1v) is 3.45. The van der Waals surface area contributed by atoms with Crippen LogP contribution in [0.2, 0.25) is 0 Å². The Balaban J connectivity index is -0.000000107. The third-order valence-corrected chi connectivity index (χ3v) is 0. The van der Waals surface area contributed by atoms with Crippen LogP contribution in [0.25, 0.3) is 0 Å². The molecule has 0 aromatic carbocycles. The van der Waals surface area contributed by atoms with Crippen LogP contribution in [0, 0.1) is 0 Å². The van der Waals surface area contributed by atoms with Crippen LogP contribution in [0.3, 0.4) is 0 Å². The Kier molecular flexibility index (Phi) is 10.2. The summed E-state index contributed by atoms with van der Waals surface area (Å²) >= 11 is 0. The van der Waals surface area contributed by atoms with Crippen molar-refractivity contribution in [2.75, 3.05) is 0 Å². The van der Waals surface area contributed by atoms with E-state index >= 15 is 0 Å². The van der Waals surface area contributed by atoms with E-state index in [9.17, 15) is 0 Å². The van der Waals surface area contributed by atoms with Gasteiger partial charge < -0.3 is 10.2 Å². The molecule has 0 aliphatic heterocycles. The summed E-state index contributed by atoms with van der Waals surface area (Å²) in [7, 11) is 0. The van der Waals surface area contributed by atoms with Gasteiger partial charge in [0.15, 0.2) is 0 Å². The maximum Gasteiger partial charge on any atom is 0.0563 e. The fourth-order valence-electron chi connectivity index (χ4n) is 0. The van der Waals surface area contributed by atoms with Gasteiger partial charge in [-0.05, 0) is 41.5 Å². The summed E-state index contributed by atoms with van der Waals surface area (Å²) in [4.78, 5) is 0. The molecule has 0 aromatic rings. The quantitative estimate of drug-likeness (QED) is 0.673. The fraction of sp³-hybridized carbons (Fsp3) is 1.00. The van der Waals surface area contributed by atoms with Gasteiger partial charge in [0, 0.05) is 26.2 Å². The SMILES string of the molecule is CC(C)(C)O.CC(C)(C)O.[Zr]. The fourth-order valence-corrected chi connectivity index (χ4v) is 0. The van der Waals surface area contributed by atoms with Gasteiger partial charge in [-0.1, -0.05) is 0 Å². The summed E-state index contributed by atoms with van der Waals surface area (Å²) in [6.07, 6.45) is 0. The minimum absolute atomic E-state index is 0. The van der Waals surface area contributed by atoms with E-state index in [-0.39, 0.29) is 26.2 Å². The molecule has 3 heteroatoms. The van der Waals surface area contributed by atoms with Gasteiger partial charge in [0.1, 0.15) is 0 Å². The van der Waals surface area contributed by atoms with Gasteiger partial charge in [0.2, 0.25) is 0 Å². The number of hydrogen-bond donors (Lipinski definition) is 2. The van der Waals surface area contributed by atoms with Crippen molar-refractivity contribution >= 4 is 0 Å². The van der Waals surface area contributed by atoms with Crippen LogP contribution >= 0.6 is 0 Å². The first-order chi connectivity index (χ1) is 4.00. The molecule has 0 spiro atoms. The van der Waals surface area contributed by atoms with E-state index in [0.717, 1.165) is 0 Å². The van der Waals surface area contributed by atoms with Crippen molar-refractivity contribution in [1.82, 2.24) is 0 Å². The molecule has 0 fully saturated rings. The first kappa shape index (κ1) is 17.8. The van der Waals surface area contributed by atoms with Gasteiger partial charge in [-0.25, -0.2) is 0 Å². The van der Waals surface area contributed by atoms with E-state index in [2.05, 4.69) is 0 Å². The van der Waals surface area contributed by atoms with Crippen molar-refractivity contribution in [1.29, 1.82) is 0 Å². The minimum atomic E-state index is -0.500. The second-order valence-electron chi connectivity index (χ2n) is 4.34. The predicted octanol–water partition coefficient (Wildman–Crippen LogP) is 1.55. The Morgan fingerprint density at radius 3 is 0.636 bits per heavy atom. The summed E-state index contributed by atoms with van der Waals surface area (Å²) < 4.78 is 0. The van der Waals surface area contributed by atoms with E-state index in [1.807, 2.05) is 0 Å². The van der Waals surface area contributed by atoms with E-state index in [1.165, 1.54) is 0 Å². The van der Waals surface area contributed by atoms with Gasteiger partial charge in [-0.3, -0.25) is 0 Å². The van der Waals surface area contributed by atoms with Crippen LogP contribution in [0.1, 0.15) is 41.5 Å². The van der Waals surface area contributed by atoms with E-state index in [0.29, 0.717) is 0 Å². The van der Waals surface area contributed by atoms with Crippen LogP contribution in [0.15, 0.2) is 0 Å². The Morgan fingerprint density at radius 2 is 0.636 bits per heavy atom. The van der Waals surface area contributed by atoms with Crippen molar-refractivity contribution in [2.45, 2.75) is 52.7 Å². The number of rotatable bonds is 0. The summed E-state index contributed by atoms with van der Waals surface area (Å²) in [6, 6.07) is 0. The van der Waals surface area contributed by atoms with Crippen molar-refractivity contribution in [3.05, 3.63) is 0 Å². The molecule has 2 N–H and O–H groups in total. The van der Waals surface area contributed by atoms with Crippen molar-refractivity contribution < 1.29 is 36.4 Å². The molecule has 0 heterocycles. The van der Waals surface area contributed by atoms with Crippen LogP contribution in [-0.2, 0) is 26.2 Å². The topological polar surface area (TPSA) is 40.5 Å². The molecule has 0 aliphatic carbocycles. The third kappa shape index (κ3) is 1300. The molecule has 2 nitrogen and oxygen atoms in total. The molecule has 0 bridgehead atoms. The van der Waals surface area contributed by atoms with Crippen molar-refractivity contribution in [2.24, 2.45) is 0 Å². The molecule has 0 amide bonds. The summed E-state index contributed by atoms with van der Waals surface area (Å²) in [6.45, 7) is 10.5. The Labute approximate surface area is 89.1 Å². The van der Waals surface area contributed by atoms with E-state index in [4.69, 9.17) is 10.2 Å². The summed E-state index contributed by atoms with van der Waals surface area (Å²) in [5.74, 6) is 0. The molecule has 0 saturated carbocycles. The number of hydrogen-bond acceptors (Lipinski definition) is 2. The van der Waals surface area contributed by atoms with E-state index in [1.54, 1.807) is 41.5 Å². The van der Waals surface area contributed by atoms with Crippen LogP contribution < -0.4 is 0 Å². The van der Waals surface area contributed by atoms with Crippen molar-refractivity contribution in [3.63, 3.8) is 0 Å². The van der Waals surface area contributed by atoms with Crippen LogP contribution in [0.4, 0.5) is 0 Å². The Morgan fingerprint density at radius 1 is 0.636 bits per heavy atom. The summed E-state index contributed by atoms with van der Waals surface area (Å²) in [5, 5.41) is 17.0. The smallest absolute Gasteiger partial charge is 0.0563 e. The maximum absolute atomic E-state index is 8.52. The third-order valence-electron chi connectivity index (χ3n) is 0. The Hall–Kier alpha value is 0.803. The zero-order valence-corrected chi connectivity index (χ0v) is 10.9. The molecular formula is C8H20O2Zr. The second-order valence-corrected chi connectivity index (χ2v) is 4.34. The van der Waals surface area contributed by atoms with Gasteiger partial charge in [0.05, 0.1) is 11.2 Å². The Bertz CT molecular complexity index is 55.1. The molecule has 0 aromatic heterocycles. The molecule has 0 radical (unpaired) electrons. The molecule has 68 valence electrons. The average molecular weight is 239 g/mol. The predicted molar refractivity (Wildman–Crippen MR) is 43.9 cm³/mol. The van der Waals surface area contributed by atoms with E-state index < -0.39 is 11.2 Å². The zero-order valence-electron chi connectivity index (χ0n) is 8.39. The molecule has 11 heavy (non-hydrogen) atoms. The second kappa shape index (κ2) is 6.33. The number of aliphatic hydroxyl groups is 2. The molecule has 0 saturated heterocycles. The average Bonchev–Trinajstić information content (AvgIpc) is 1.12. The van der Waals surface area contributed by atoms with Crippen LogP contribution in [0.5, 0.6) is 0 Å². The van der Waals surface area contributed by atoms with Crippen molar-refractivity contribution in [3.8, 4) is 0 Å².